The molecule has 0 amide bonds. The van der Waals surface area contributed by atoms with Gasteiger partial charge in [-0.25, -0.2) is 20.4 Å². The lowest BCUT2D eigenvalue weighted by Gasteiger charge is -2.36. The van der Waals surface area contributed by atoms with Gasteiger partial charge in [0.25, 0.3) is 0 Å². The number of aliphatic hydroxyl groups is 3. The fourth-order valence-corrected chi connectivity index (χ4v) is 2.98. The van der Waals surface area contributed by atoms with Crippen LogP contribution in [-0.4, -0.2) is 71.1 Å². The number of nitrogen functional groups attached to an aromatic ring is 1. The molecule has 4 rings (SSSR count). The highest BCUT2D eigenvalue weighted by atomic mass is 16.6. The molecule has 2 aliphatic heterocycles. The van der Waals surface area contributed by atoms with E-state index in [1.54, 1.807) is 0 Å². The quantitative estimate of drug-likeness (QED) is 0.290. The molecule has 4 atom stereocenters. The molecule has 2 aromatic heterocycles. The van der Waals surface area contributed by atoms with Crippen LogP contribution in [0.3, 0.4) is 0 Å². The predicted octanol–water partition coefficient (Wildman–Crippen LogP) is -3.87. The number of hydrogen-bond acceptors (Lipinski definition) is 12. The summed E-state index contributed by atoms with van der Waals surface area (Å²) in [5.74, 6) is 0.190. The molecule has 130 valence electrons. The van der Waals surface area contributed by atoms with Gasteiger partial charge in [0.15, 0.2) is 23.4 Å². The summed E-state index contributed by atoms with van der Waals surface area (Å²) in [5.41, 5.74) is 13.0. The van der Waals surface area contributed by atoms with Gasteiger partial charge in [0.05, 0.1) is 19.6 Å². The first-order chi connectivity index (χ1) is 11.6. The second kappa shape index (κ2) is 5.54. The lowest BCUT2D eigenvalue weighted by atomic mass is 10.0. The average molecular weight is 339 g/mol. The highest BCUT2D eigenvalue weighted by molar-refractivity contribution is 5.81. The molecule has 0 aromatic carbocycles. The van der Waals surface area contributed by atoms with Crippen LogP contribution >= 0.6 is 0 Å². The number of rotatable bonds is 3. The molecule has 2 aliphatic rings. The number of hydrazine groups is 3. The molecule has 0 bridgehead atoms. The van der Waals surface area contributed by atoms with E-state index in [1.807, 2.05) is 0 Å². The monoisotopic (exact) mass is 339 g/mol. The lowest BCUT2D eigenvalue weighted by molar-refractivity contribution is -0.224. The van der Waals surface area contributed by atoms with Crippen molar-refractivity contribution in [3.8, 4) is 0 Å². The number of nitrogens with one attached hydrogen (secondary N) is 3. The largest absolute Gasteiger partial charge is 0.392 e. The molecule has 13 heteroatoms. The molecule has 0 unspecified atom stereocenters. The van der Waals surface area contributed by atoms with Gasteiger partial charge in [0.2, 0.25) is 0 Å². The highest BCUT2D eigenvalue weighted by Crippen LogP contribution is 2.39. The van der Waals surface area contributed by atoms with Gasteiger partial charge >= 0.3 is 0 Å². The number of nitrogens with zero attached hydrogens (tertiary/aromatic N) is 5. The first-order valence-electron chi connectivity index (χ1n) is 7.17. The molecule has 0 radical (unpaired) electrons. The van der Waals surface area contributed by atoms with Crippen molar-refractivity contribution in [2.75, 3.05) is 19.0 Å². The smallest absolute Gasteiger partial charge is 0.190 e. The third-order valence-electron chi connectivity index (χ3n) is 4.26. The van der Waals surface area contributed by atoms with Gasteiger partial charge in [-0.3, -0.25) is 4.57 Å². The maximum Gasteiger partial charge on any atom is 0.190 e. The van der Waals surface area contributed by atoms with Crippen molar-refractivity contribution in [2.24, 2.45) is 0 Å². The third kappa shape index (κ3) is 2.01. The molecule has 4 heterocycles. The van der Waals surface area contributed by atoms with E-state index in [4.69, 9.17) is 10.5 Å². The van der Waals surface area contributed by atoms with E-state index in [9.17, 15) is 15.3 Å². The summed E-state index contributed by atoms with van der Waals surface area (Å²) < 4.78 is 7.29. The minimum atomic E-state index is -1.57. The van der Waals surface area contributed by atoms with Crippen LogP contribution in [0.25, 0.3) is 11.2 Å². The Labute approximate surface area is 135 Å². The number of imidazole rings is 1. The fraction of sp³-hybridized carbons (Fsp3) is 0.545. The van der Waals surface area contributed by atoms with Crippen LogP contribution in [0.15, 0.2) is 12.7 Å². The van der Waals surface area contributed by atoms with E-state index < -0.39 is 30.8 Å². The SMILES string of the molecule is Nc1ncnc2c1ncn2[C@@H]1O[C@@](CO)(N2CNNN2)[C@@H](O)[C@H]1O. The average Bonchev–Trinajstić information content (AvgIpc) is 3.29. The first kappa shape index (κ1) is 15.6. The second-order valence-corrected chi connectivity index (χ2v) is 5.53. The van der Waals surface area contributed by atoms with Crippen LogP contribution in [0.2, 0.25) is 0 Å². The van der Waals surface area contributed by atoms with Crippen molar-refractivity contribution in [2.45, 2.75) is 24.2 Å². The number of hydrogen-bond donors (Lipinski definition) is 7. The standard InChI is InChI=1S/C11H17N9O4/c12-8-5-9(14-2-13-8)19(3-15-5)10-6(22)7(23)11(1-21,24-10)20-4-16-17-18-20/h2-3,6-7,10,16-18,21-23H,1,4H2,(H2,12,13,14)/t6-,7+,10-,11-/m1/s1. The van der Waals surface area contributed by atoms with Gasteiger partial charge in [0, 0.05) is 0 Å². The summed E-state index contributed by atoms with van der Waals surface area (Å²) in [4.78, 5) is 12.1. The molecular formula is C11H17N9O4. The normalized spacial score (nSPS) is 34.4. The number of aromatic nitrogens is 4. The topological polar surface area (TPSA) is 179 Å². The summed E-state index contributed by atoms with van der Waals surface area (Å²) >= 11 is 0. The molecule has 0 saturated carbocycles. The molecule has 0 spiro atoms. The predicted molar refractivity (Wildman–Crippen MR) is 77.8 cm³/mol. The number of fused-ring (bicyclic) bond motifs is 1. The van der Waals surface area contributed by atoms with E-state index in [2.05, 4.69) is 31.4 Å². The Balaban J connectivity index is 1.74. The van der Waals surface area contributed by atoms with E-state index in [0.717, 1.165) is 0 Å². The van der Waals surface area contributed by atoms with E-state index in [-0.39, 0.29) is 12.5 Å². The molecule has 8 N–H and O–H groups in total. The fourth-order valence-electron chi connectivity index (χ4n) is 2.98. The summed E-state index contributed by atoms with van der Waals surface area (Å²) in [7, 11) is 0. The summed E-state index contributed by atoms with van der Waals surface area (Å²) in [5, 5.41) is 32.2. The Kier molecular flexibility index (Phi) is 3.59. The third-order valence-corrected chi connectivity index (χ3v) is 4.26. The molecule has 0 aliphatic carbocycles. The molecular weight excluding hydrogens is 322 g/mol. The zero-order valence-electron chi connectivity index (χ0n) is 12.4. The van der Waals surface area contributed by atoms with Gasteiger partial charge < -0.3 is 25.8 Å². The zero-order chi connectivity index (χ0) is 16.9. The Morgan fingerprint density at radius 1 is 1.38 bits per heavy atom. The Hall–Kier alpha value is -1.97. The first-order valence-corrected chi connectivity index (χ1v) is 7.17. The number of ether oxygens (including phenoxy) is 1. The Bertz CT molecular complexity index is 750. The van der Waals surface area contributed by atoms with Crippen LogP contribution in [0.4, 0.5) is 5.82 Å². The number of aliphatic hydroxyl groups excluding tert-OH is 3. The summed E-state index contributed by atoms with van der Waals surface area (Å²) in [6.07, 6.45) is -1.12. The van der Waals surface area contributed by atoms with Crippen molar-refractivity contribution < 1.29 is 20.1 Å². The minimum Gasteiger partial charge on any atom is -0.392 e. The van der Waals surface area contributed by atoms with Crippen LogP contribution in [0.5, 0.6) is 0 Å². The minimum absolute atomic E-state index is 0.190. The van der Waals surface area contributed by atoms with E-state index in [1.165, 1.54) is 22.2 Å². The van der Waals surface area contributed by atoms with Gasteiger partial charge in [-0.2, -0.15) is 16.1 Å². The summed E-state index contributed by atoms with van der Waals surface area (Å²) in [6.45, 7) is -0.349. The van der Waals surface area contributed by atoms with Gasteiger partial charge in [-0.15, -0.1) is 0 Å². The number of anilines is 1. The number of nitrogens with two attached hydrogens (primary N) is 1. The van der Waals surface area contributed by atoms with Crippen LogP contribution in [0, 0.1) is 0 Å². The van der Waals surface area contributed by atoms with E-state index in [0.29, 0.717) is 11.2 Å². The summed E-state index contributed by atoms with van der Waals surface area (Å²) in [6, 6.07) is 0. The second-order valence-electron chi connectivity index (χ2n) is 5.53. The molecule has 2 fully saturated rings. The maximum atomic E-state index is 10.5. The maximum absolute atomic E-state index is 10.5. The molecule has 13 nitrogen and oxygen atoms in total. The molecule has 2 aromatic rings. The molecule has 24 heavy (non-hydrogen) atoms. The van der Waals surface area contributed by atoms with Crippen molar-refractivity contribution in [3.63, 3.8) is 0 Å². The highest BCUT2D eigenvalue weighted by Gasteiger charge is 2.59. The van der Waals surface area contributed by atoms with Crippen molar-refractivity contribution in [1.29, 1.82) is 0 Å². The van der Waals surface area contributed by atoms with E-state index >= 15 is 0 Å². The van der Waals surface area contributed by atoms with Crippen LogP contribution in [0.1, 0.15) is 6.23 Å². The van der Waals surface area contributed by atoms with Crippen molar-refractivity contribution in [3.05, 3.63) is 12.7 Å². The van der Waals surface area contributed by atoms with Gasteiger partial charge in [-0.05, 0) is 0 Å². The zero-order valence-corrected chi connectivity index (χ0v) is 12.4. The molecule has 2 saturated heterocycles. The Morgan fingerprint density at radius 2 is 2.21 bits per heavy atom. The van der Waals surface area contributed by atoms with Crippen LogP contribution < -0.4 is 22.2 Å². The Morgan fingerprint density at radius 3 is 2.92 bits per heavy atom. The van der Waals surface area contributed by atoms with Gasteiger partial charge in [0.1, 0.15) is 24.1 Å². The lowest BCUT2D eigenvalue weighted by Crippen LogP contribution is -2.62. The van der Waals surface area contributed by atoms with Crippen LogP contribution in [-0.2, 0) is 4.74 Å². The van der Waals surface area contributed by atoms with Gasteiger partial charge in [-0.1, -0.05) is 0 Å². The van der Waals surface area contributed by atoms with Crippen molar-refractivity contribution >= 4 is 17.0 Å². The van der Waals surface area contributed by atoms with Crippen molar-refractivity contribution in [1.82, 2.24) is 41.0 Å².